The Balaban J connectivity index is 1.55. The van der Waals surface area contributed by atoms with Crippen LogP contribution in [-0.4, -0.2) is 48.0 Å². The lowest BCUT2D eigenvalue weighted by atomic mass is 10.2. The fourth-order valence-corrected chi connectivity index (χ4v) is 3.66. The van der Waals surface area contributed by atoms with Crippen molar-refractivity contribution < 1.29 is 22.4 Å². The lowest BCUT2D eigenvalue weighted by Gasteiger charge is -2.37. The molecule has 2 aromatic rings. The zero-order valence-corrected chi connectivity index (χ0v) is 15.3. The first-order valence-corrected chi connectivity index (χ1v) is 9.14. The number of aromatic nitrogens is 1. The third-order valence-electron chi connectivity index (χ3n) is 4.38. The van der Waals surface area contributed by atoms with Crippen molar-refractivity contribution >= 4 is 28.1 Å². The van der Waals surface area contributed by atoms with Crippen LogP contribution in [0.1, 0.15) is 11.8 Å². The van der Waals surface area contributed by atoms with Crippen molar-refractivity contribution in [2.45, 2.75) is 19.1 Å². The largest absolute Gasteiger partial charge is 0.427 e. The predicted molar refractivity (Wildman–Crippen MR) is 95.4 cm³/mol. The average molecular weight is 402 g/mol. The number of piperazine rings is 1. The lowest BCUT2D eigenvalue weighted by molar-refractivity contribution is -0.134. The van der Waals surface area contributed by atoms with Gasteiger partial charge in [-0.2, -0.15) is 13.2 Å². The van der Waals surface area contributed by atoms with Crippen molar-refractivity contribution in [3.8, 4) is 0 Å². The maximum absolute atomic E-state index is 13.2. The SMILES string of the molecule is CC(C(=O)Nc1cccc(F)c1)N1CCN(c2ncc(C(F)(F)F)s2)CC1. The summed E-state index contributed by atoms with van der Waals surface area (Å²) >= 11 is 0.622. The van der Waals surface area contributed by atoms with Gasteiger partial charge in [-0.1, -0.05) is 17.4 Å². The smallest absolute Gasteiger partial charge is 0.346 e. The van der Waals surface area contributed by atoms with Gasteiger partial charge >= 0.3 is 6.18 Å². The van der Waals surface area contributed by atoms with Gasteiger partial charge in [0.15, 0.2) is 5.13 Å². The molecule has 1 aliphatic rings. The second-order valence-electron chi connectivity index (χ2n) is 6.20. The van der Waals surface area contributed by atoms with Crippen LogP contribution in [0.15, 0.2) is 30.5 Å². The summed E-state index contributed by atoms with van der Waals surface area (Å²) in [5, 5.41) is 3.01. The van der Waals surface area contributed by atoms with Crippen LogP contribution in [0.25, 0.3) is 0 Å². The maximum atomic E-state index is 13.2. The monoisotopic (exact) mass is 402 g/mol. The van der Waals surface area contributed by atoms with Crippen molar-refractivity contribution in [1.29, 1.82) is 0 Å². The van der Waals surface area contributed by atoms with Crippen LogP contribution in [0.4, 0.5) is 28.4 Å². The molecule has 3 rings (SSSR count). The molecule has 1 fully saturated rings. The number of hydrogen-bond donors (Lipinski definition) is 1. The molecule has 0 aliphatic carbocycles. The third kappa shape index (κ3) is 4.75. The maximum Gasteiger partial charge on any atom is 0.427 e. The normalized spacial score (nSPS) is 17.0. The standard InChI is InChI=1S/C17H18F4N4OS/c1-11(15(26)23-13-4-2-3-12(18)9-13)24-5-7-25(8-6-24)16-22-10-14(27-16)17(19,20)21/h2-4,9-11H,5-8H2,1H3,(H,23,26). The fraction of sp³-hybridized carbons (Fsp3) is 0.412. The minimum atomic E-state index is -4.39. The van der Waals surface area contributed by atoms with E-state index in [-0.39, 0.29) is 5.91 Å². The van der Waals surface area contributed by atoms with E-state index >= 15 is 0 Å². The van der Waals surface area contributed by atoms with Gasteiger partial charge in [-0.05, 0) is 25.1 Å². The van der Waals surface area contributed by atoms with E-state index in [0.717, 1.165) is 6.20 Å². The average Bonchev–Trinajstić information content (AvgIpc) is 3.12. The summed E-state index contributed by atoms with van der Waals surface area (Å²) in [6, 6.07) is 5.20. The number of thiazole rings is 1. The summed E-state index contributed by atoms with van der Waals surface area (Å²) in [7, 11) is 0. The molecule has 146 valence electrons. The number of nitrogens with one attached hydrogen (secondary N) is 1. The number of rotatable bonds is 4. The molecule has 1 atom stereocenters. The molecule has 5 nitrogen and oxygen atoms in total. The summed E-state index contributed by atoms with van der Waals surface area (Å²) in [5.74, 6) is -0.696. The predicted octanol–water partition coefficient (Wildman–Crippen LogP) is 3.45. The Morgan fingerprint density at radius 3 is 2.56 bits per heavy atom. The highest BCUT2D eigenvalue weighted by Crippen LogP contribution is 2.36. The number of benzene rings is 1. The highest BCUT2D eigenvalue weighted by Gasteiger charge is 2.34. The minimum absolute atomic E-state index is 0.261. The van der Waals surface area contributed by atoms with Crippen molar-refractivity contribution in [1.82, 2.24) is 9.88 Å². The lowest BCUT2D eigenvalue weighted by Crippen LogP contribution is -2.52. The highest BCUT2D eigenvalue weighted by molar-refractivity contribution is 7.15. The van der Waals surface area contributed by atoms with Crippen molar-refractivity contribution in [2.75, 3.05) is 36.4 Å². The van der Waals surface area contributed by atoms with E-state index in [4.69, 9.17) is 0 Å². The number of alkyl halides is 3. The van der Waals surface area contributed by atoms with Crippen LogP contribution >= 0.6 is 11.3 Å². The van der Waals surface area contributed by atoms with Crippen molar-refractivity contribution in [3.05, 3.63) is 41.2 Å². The Morgan fingerprint density at radius 2 is 1.96 bits per heavy atom. The molecule has 1 aromatic heterocycles. The van der Waals surface area contributed by atoms with Crippen LogP contribution in [0.3, 0.4) is 0 Å². The number of carbonyl (C=O) groups is 1. The van der Waals surface area contributed by atoms with Gasteiger partial charge in [-0.3, -0.25) is 9.69 Å². The Labute approximate surface area is 157 Å². The van der Waals surface area contributed by atoms with Gasteiger partial charge in [0.2, 0.25) is 5.91 Å². The first kappa shape index (κ1) is 19.6. The number of hydrogen-bond acceptors (Lipinski definition) is 5. The van der Waals surface area contributed by atoms with E-state index in [1.165, 1.54) is 18.2 Å². The summed E-state index contributed by atoms with van der Waals surface area (Å²) < 4.78 is 51.3. The zero-order valence-electron chi connectivity index (χ0n) is 14.5. The van der Waals surface area contributed by atoms with Gasteiger partial charge in [-0.25, -0.2) is 9.37 Å². The molecular formula is C17H18F4N4OS. The van der Waals surface area contributed by atoms with Crippen LogP contribution in [0.5, 0.6) is 0 Å². The quantitative estimate of drug-likeness (QED) is 0.796. The van der Waals surface area contributed by atoms with Crippen molar-refractivity contribution in [3.63, 3.8) is 0 Å². The first-order chi connectivity index (χ1) is 12.7. The second kappa shape index (κ2) is 7.81. The topological polar surface area (TPSA) is 48.5 Å². The molecule has 1 N–H and O–H groups in total. The number of nitrogens with zero attached hydrogens (tertiary/aromatic N) is 3. The molecule has 0 bridgehead atoms. The van der Waals surface area contributed by atoms with E-state index in [2.05, 4.69) is 10.3 Å². The molecule has 0 saturated carbocycles. The molecule has 0 radical (unpaired) electrons. The number of anilines is 2. The highest BCUT2D eigenvalue weighted by atomic mass is 32.1. The van der Waals surface area contributed by atoms with Gasteiger partial charge in [0, 0.05) is 31.9 Å². The molecule has 1 aliphatic heterocycles. The summed E-state index contributed by atoms with van der Waals surface area (Å²) in [4.78, 5) is 19.2. The summed E-state index contributed by atoms with van der Waals surface area (Å²) in [6.07, 6.45) is -3.54. The van der Waals surface area contributed by atoms with Crippen LogP contribution < -0.4 is 10.2 Å². The summed E-state index contributed by atoms with van der Waals surface area (Å²) in [6.45, 7) is 3.72. The molecule has 10 heteroatoms. The van der Waals surface area contributed by atoms with E-state index in [1.54, 1.807) is 17.9 Å². The van der Waals surface area contributed by atoms with Gasteiger partial charge < -0.3 is 10.2 Å². The number of amides is 1. The zero-order chi connectivity index (χ0) is 19.6. The van der Waals surface area contributed by atoms with E-state index < -0.39 is 22.9 Å². The third-order valence-corrected chi connectivity index (χ3v) is 5.48. The Bertz CT molecular complexity index is 802. The molecular weight excluding hydrogens is 384 g/mol. The minimum Gasteiger partial charge on any atom is -0.346 e. The van der Waals surface area contributed by atoms with Crippen LogP contribution in [-0.2, 0) is 11.0 Å². The van der Waals surface area contributed by atoms with Gasteiger partial charge in [-0.15, -0.1) is 0 Å². The molecule has 1 unspecified atom stereocenters. The van der Waals surface area contributed by atoms with E-state index in [1.807, 2.05) is 4.90 Å². The Morgan fingerprint density at radius 1 is 1.26 bits per heavy atom. The van der Waals surface area contributed by atoms with Crippen LogP contribution in [0, 0.1) is 5.82 Å². The first-order valence-electron chi connectivity index (χ1n) is 8.32. The molecule has 2 heterocycles. The molecule has 1 amide bonds. The molecule has 1 saturated heterocycles. The van der Waals surface area contributed by atoms with Crippen LogP contribution in [0.2, 0.25) is 0 Å². The van der Waals surface area contributed by atoms with Gasteiger partial charge in [0.25, 0.3) is 0 Å². The summed E-state index contributed by atoms with van der Waals surface area (Å²) in [5.41, 5.74) is 0.382. The van der Waals surface area contributed by atoms with E-state index in [9.17, 15) is 22.4 Å². The molecule has 27 heavy (non-hydrogen) atoms. The number of halogens is 4. The van der Waals surface area contributed by atoms with E-state index in [0.29, 0.717) is 48.3 Å². The van der Waals surface area contributed by atoms with Crippen molar-refractivity contribution in [2.24, 2.45) is 0 Å². The van der Waals surface area contributed by atoms with Gasteiger partial charge in [0.1, 0.15) is 10.7 Å². The fourth-order valence-electron chi connectivity index (χ4n) is 2.82. The molecule has 1 aromatic carbocycles. The second-order valence-corrected chi connectivity index (χ2v) is 7.21. The Kier molecular flexibility index (Phi) is 5.66. The Hall–Kier alpha value is -2.20. The van der Waals surface area contributed by atoms with Gasteiger partial charge in [0.05, 0.1) is 12.2 Å². The molecule has 0 spiro atoms. The number of carbonyl (C=O) groups excluding carboxylic acids is 1.